The van der Waals surface area contributed by atoms with E-state index in [1.165, 1.54) is 93.1 Å². The van der Waals surface area contributed by atoms with Gasteiger partial charge >= 0.3 is 0 Å². The fourth-order valence-corrected chi connectivity index (χ4v) is 14.3. The van der Waals surface area contributed by atoms with Crippen LogP contribution in [-0.2, 0) is 0 Å². The molecule has 16 rings (SSSR count). The molecule has 4 saturated carbocycles. The number of hydrogen-bond donors (Lipinski definition) is 0. The molecule has 3 nitrogen and oxygen atoms in total. The molecule has 0 aliphatic heterocycles. The summed E-state index contributed by atoms with van der Waals surface area (Å²) in [6.07, 6.45) is 8.49. The van der Waals surface area contributed by atoms with Gasteiger partial charge in [0.1, 0.15) is 16.8 Å². The molecule has 64 heavy (non-hydrogen) atoms. The van der Waals surface area contributed by atoms with Gasteiger partial charge in [-0.1, -0.05) is 158 Å². The van der Waals surface area contributed by atoms with E-state index in [4.69, 9.17) is 14.4 Å². The smallest absolute Gasteiger partial charge is 0.246 e. The Hall–Kier alpha value is -7.10. The molecule has 4 fully saturated rings. The van der Waals surface area contributed by atoms with Gasteiger partial charge in [0.25, 0.3) is 0 Å². The molecule has 304 valence electrons. The van der Waals surface area contributed by atoms with Crippen molar-refractivity contribution in [2.75, 3.05) is 0 Å². The third-order valence-electron chi connectivity index (χ3n) is 16.3. The van der Waals surface area contributed by atoms with Crippen molar-refractivity contribution in [2.24, 2.45) is 23.2 Å². The minimum atomic E-state index is 0.318. The van der Waals surface area contributed by atoms with Crippen molar-refractivity contribution in [1.82, 2.24) is 9.97 Å². The summed E-state index contributed by atoms with van der Waals surface area (Å²) in [5.41, 5.74) is 15.0. The lowest BCUT2D eigenvalue weighted by molar-refractivity contribution is -0.0609. The summed E-state index contributed by atoms with van der Waals surface area (Å²) < 4.78 is 6.73. The maximum Gasteiger partial charge on any atom is 0.246 e. The Balaban J connectivity index is 0.905. The first-order valence-electron chi connectivity index (χ1n) is 23.4. The maximum absolute atomic E-state index is 6.73. The van der Waals surface area contributed by atoms with Crippen LogP contribution in [0.2, 0.25) is 0 Å². The Morgan fingerprint density at radius 2 is 1.00 bits per heavy atom. The van der Waals surface area contributed by atoms with Gasteiger partial charge in [0.05, 0.1) is 11.1 Å². The molecule has 0 spiro atoms. The van der Waals surface area contributed by atoms with Gasteiger partial charge in [0.2, 0.25) is 5.71 Å². The number of rotatable bonds is 4. The van der Waals surface area contributed by atoms with Crippen molar-refractivity contribution in [2.45, 2.75) is 44.4 Å². The number of furan rings is 1. The Morgan fingerprint density at radius 3 is 1.77 bits per heavy atom. The van der Waals surface area contributed by atoms with Gasteiger partial charge < -0.3 is 4.42 Å². The van der Waals surface area contributed by atoms with Crippen LogP contribution in [0.5, 0.6) is 0 Å². The fourth-order valence-electron chi connectivity index (χ4n) is 14.3. The largest absolute Gasteiger partial charge is 0.436 e. The summed E-state index contributed by atoms with van der Waals surface area (Å²) in [4.78, 5) is 10.9. The molecule has 0 N–H and O–H groups in total. The molecular weight excluding hydrogens is 777 g/mol. The summed E-state index contributed by atoms with van der Waals surface area (Å²) in [5.74, 6) is 3.06. The van der Waals surface area contributed by atoms with Crippen molar-refractivity contribution in [3.63, 3.8) is 0 Å². The monoisotopic (exact) mass is 820 g/mol. The van der Waals surface area contributed by atoms with E-state index >= 15 is 0 Å². The topological polar surface area (TPSA) is 38.9 Å². The summed E-state index contributed by atoms with van der Waals surface area (Å²) in [6.45, 7) is 0. The van der Waals surface area contributed by atoms with E-state index in [1.807, 2.05) is 0 Å². The molecule has 4 bridgehead atoms. The van der Waals surface area contributed by atoms with Crippen molar-refractivity contribution in [3.05, 3.63) is 181 Å². The molecule has 0 saturated heterocycles. The zero-order valence-corrected chi connectivity index (χ0v) is 35.5. The standard InChI is InChI=1S/C61H44N2O/c1-2-12-39(13-3-1)56-57(62-58-54-48-17-8-6-15-46(48)47-16-7-9-18-51(47)59(54)64-60(58)63-56)43-24-22-40-30-42(23-21-41(40)31-43)45-19-10-20-49-50-26-25-38-11-4-5-14-44(38)52(50)55(53(45)49)61-32-35-27-36(33-61)29-37(28-35)34-61/h1-26,30-31,35-37,55H,27-29,32-34H2. The Kier molecular flexibility index (Phi) is 7.18. The van der Waals surface area contributed by atoms with Crippen LogP contribution in [-0.4, -0.2) is 9.97 Å². The van der Waals surface area contributed by atoms with E-state index in [0.717, 1.165) is 67.5 Å². The minimum Gasteiger partial charge on any atom is -0.436 e. The summed E-state index contributed by atoms with van der Waals surface area (Å²) in [6, 6.07) is 62.8. The molecule has 5 aliphatic carbocycles. The zero-order valence-electron chi connectivity index (χ0n) is 35.5. The Morgan fingerprint density at radius 1 is 0.422 bits per heavy atom. The highest BCUT2D eigenvalue weighted by molar-refractivity contribution is 6.29. The van der Waals surface area contributed by atoms with Crippen LogP contribution in [0.1, 0.15) is 55.6 Å². The summed E-state index contributed by atoms with van der Waals surface area (Å²) in [7, 11) is 0. The van der Waals surface area contributed by atoms with E-state index < -0.39 is 0 Å². The lowest BCUT2D eigenvalue weighted by atomic mass is 9.45. The lowest BCUT2D eigenvalue weighted by Crippen LogP contribution is -2.48. The first-order valence-corrected chi connectivity index (χ1v) is 23.4. The summed E-state index contributed by atoms with van der Waals surface area (Å²) in [5, 5.41) is 10.8. The van der Waals surface area contributed by atoms with Gasteiger partial charge in [-0.05, 0) is 145 Å². The van der Waals surface area contributed by atoms with E-state index in [2.05, 4.69) is 170 Å². The van der Waals surface area contributed by atoms with Gasteiger partial charge in [0.15, 0.2) is 0 Å². The zero-order chi connectivity index (χ0) is 41.7. The Labute approximate surface area is 371 Å². The number of benzene rings is 9. The van der Waals surface area contributed by atoms with Gasteiger partial charge in [-0.25, -0.2) is 9.97 Å². The van der Waals surface area contributed by atoms with Crippen molar-refractivity contribution in [3.8, 4) is 44.8 Å². The quantitative estimate of drug-likeness (QED) is 0.166. The molecule has 1 unspecified atom stereocenters. The fraction of sp³-hybridized carbons (Fsp3) is 0.180. The number of hydrogen-bond acceptors (Lipinski definition) is 3. The molecule has 2 aromatic heterocycles. The van der Waals surface area contributed by atoms with Gasteiger partial charge in [-0.2, -0.15) is 0 Å². The minimum absolute atomic E-state index is 0.318. The second kappa shape index (κ2) is 13.0. The molecule has 11 aromatic rings. The van der Waals surface area contributed by atoms with Crippen molar-refractivity contribution in [1.29, 1.82) is 0 Å². The van der Waals surface area contributed by atoms with E-state index in [-0.39, 0.29) is 0 Å². The number of nitrogens with zero attached hydrogens (tertiary/aromatic N) is 2. The predicted molar refractivity (Wildman–Crippen MR) is 264 cm³/mol. The van der Waals surface area contributed by atoms with Gasteiger partial charge in [0, 0.05) is 22.4 Å². The van der Waals surface area contributed by atoms with Crippen LogP contribution in [0.3, 0.4) is 0 Å². The second-order valence-electron chi connectivity index (χ2n) is 19.8. The van der Waals surface area contributed by atoms with E-state index in [0.29, 0.717) is 17.0 Å². The van der Waals surface area contributed by atoms with Gasteiger partial charge in [-0.3, -0.25) is 0 Å². The number of aromatic nitrogens is 2. The van der Waals surface area contributed by atoms with Crippen LogP contribution < -0.4 is 0 Å². The first kappa shape index (κ1) is 35.4. The van der Waals surface area contributed by atoms with E-state index in [1.54, 1.807) is 11.1 Å². The summed E-state index contributed by atoms with van der Waals surface area (Å²) >= 11 is 0. The molecule has 0 radical (unpaired) electrons. The highest BCUT2D eigenvalue weighted by Crippen LogP contribution is 2.69. The molecule has 5 aliphatic rings. The average molecular weight is 821 g/mol. The normalized spacial score (nSPS) is 22.1. The average Bonchev–Trinajstić information content (AvgIpc) is 3.90. The van der Waals surface area contributed by atoms with E-state index in [9.17, 15) is 0 Å². The molecular formula is C61H44N2O. The van der Waals surface area contributed by atoms with Crippen molar-refractivity contribution >= 4 is 65.3 Å². The Bertz CT molecular complexity index is 3750. The van der Waals surface area contributed by atoms with Gasteiger partial charge in [-0.15, -0.1) is 0 Å². The van der Waals surface area contributed by atoms with Crippen molar-refractivity contribution < 1.29 is 4.42 Å². The second-order valence-corrected chi connectivity index (χ2v) is 19.8. The van der Waals surface area contributed by atoms with Crippen LogP contribution in [0.15, 0.2) is 174 Å². The third-order valence-corrected chi connectivity index (χ3v) is 16.3. The highest BCUT2D eigenvalue weighted by atomic mass is 16.3. The SMILES string of the molecule is c1ccc(-c2nc3oc4c5ccccc5c5ccccc5c4c3nc2-c2ccc3cc(-c4cccc5c4C(C46CC7CC(CC(C7)C4)C6)c4c-5ccc5ccccc45)ccc3c2)cc1. The molecule has 2 heterocycles. The highest BCUT2D eigenvalue weighted by Gasteiger charge is 2.57. The molecule has 9 aromatic carbocycles. The van der Waals surface area contributed by atoms with Crippen LogP contribution in [0.4, 0.5) is 0 Å². The van der Waals surface area contributed by atoms with Crippen LogP contribution in [0.25, 0.3) is 110 Å². The third kappa shape index (κ3) is 4.93. The predicted octanol–water partition coefficient (Wildman–Crippen LogP) is 16.3. The molecule has 0 amide bonds. The number of fused-ring (bicyclic) bond motifs is 14. The lowest BCUT2D eigenvalue weighted by Gasteiger charge is -2.59. The molecule has 1 atom stereocenters. The maximum atomic E-state index is 6.73. The van der Waals surface area contributed by atoms with Crippen LogP contribution >= 0.6 is 0 Å². The van der Waals surface area contributed by atoms with Crippen LogP contribution in [0, 0.1) is 23.2 Å². The first-order chi connectivity index (χ1) is 31.6. The molecule has 3 heteroatoms.